The van der Waals surface area contributed by atoms with Gasteiger partial charge in [0.15, 0.2) is 11.8 Å². The van der Waals surface area contributed by atoms with Gasteiger partial charge in [-0.25, -0.2) is 4.79 Å². The molecule has 0 saturated heterocycles. The molecule has 0 spiro atoms. The Balaban J connectivity index is 4.10. The molecule has 0 aromatic heterocycles. The molecular formula is C6H12N2O3. The fourth-order valence-corrected chi connectivity index (χ4v) is 0.611. The number of nitrogens with two attached hydrogens (primary N) is 2. The molecule has 64 valence electrons. The summed E-state index contributed by atoms with van der Waals surface area (Å²) in [5.74, 6) is -1.30. The van der Waals surface area contributed by atoms with Crippen molar-refractivity contribution in [3.63, 3.8) is 0 Å². The molecule has 0 aromatic rings. The third-order valence-corrected chi connectivity index (χ3v) is 1.40. The molecule has 1 atom stereocenters. The number of aldehydes is 1. The van der Waals surface area contributed by atoms with E-state index in [1.165, 1.54) is 0 Å². The highest BCUT2D eigenvalue weighted by Crippen LogP contribution is 2.05. The third-order valence-electron chi connectivity index (χ3n) is 1.40. The van der Waals surface area contributed by atoms with Crippen molar-refractivity contribution in [2.45, 2.75) is 18.4 Å². The van der Waals surface area contributed by atoms with E-state index in [0.717, 1.165) is 0 Å². The van der Waals surface area contributed by atoms with Gasteiger partial charge in [0.2, 0.25) is 0 Å². The Morgan fingerprint density at radius 1 is 1.64 bits per heavy atom. The average molecular weight is 160 g/mol. The molecule has 0 fully saturated rings. The molecule has 0 radical (unpaired) electrons. The maximum Gasteiger partial charge on any atom is 0.331 e. The summed E-state index contributed by atoms with van der Waals surface area (Å²) in [5.41, 5.74) is 8.58. The zero-order chi connectivity index (χ0) is 8.91. The topological polar surface area (TPSA) is 106 Å². The second-order valence-electron chi connectivity index (χ2n) is 2.36. The van der Waals surface area contributed by atoms with E-state index in [4.69, 9.17) is 16.6 Å². The van der Waals surface area contributed by atoms with Crippen LogP contribution in [-0.2, 0) is 9.59 Å². The Morgan fingerprint density at radius 2 is 2.18 bits per heavy atom. The first-order valence-electron chi connectivity index (χ1n) is 3.25. The number of aliphatic carboxylic acids is 1. The predicted octanol–water partition coefficient (Wildman–Crippen LogP) is -1.29. The van der Waals surface area contributed by atoms with E-state index >= 15 is 0 Å². The quantitative estimate of drug-likeness (QED) is 0.342. The fraction of sp³-hybridized carbons (Fsp3) is 0.667. The van der Waals surface area contributed by atoms with Gasteiger partial charge in [-0.3, -0.25) is 0 Å². The van der Waals surface area contributed by atoms with Crippen LogP contribution in [0.5, 0.6) is 0 Å². The van der Waals surface area contributed by atoms with Crippen molar-refractivity contribution in [1.29, 1.82) is 0 Å². The van der Waals surface area contributed by atoms with E-state index in [2.05, 4.69) is 0 Å². The Hall–Kier alpha value is -0.940. The number of carbonyl (C=O) groups excluding carboxylic acids is 1. The molecule has 0 unspecified atom stereocenters. The molecule has 0 aliphatic heterocycles. The van der Waals surface area contributed by atoms with E-state index in [-0.39, 0.29) is 12.7 Å². The monoisotopic (exact) mass is 160 g/mol. The molecule has 0 amide bonds. The number of hydrogen-bond donors (Lipinski definition) is 3. The molecule has 0 aliphatic carbocycles. The molecule has 5 N–H and O–H groups in total. The van der Waals surface area contributed by atoms with E-state index < -0.39 is 11.5 Å². The van der Waals surface area contributed by atoms with E-state index in [1.807, 2.05) is 0 Å². The number of carboxylic acids is 1. The van der Waals surface area contributed by atoms with Gasteiger partial charge in [0.25, 0.3) is 0 Å². The van der Waals surface area contributed by atoms with E-state index in [1.54, 1.807) is 0 Å². The van der Waals surface area contributed by atoms with Crippen LogP contribution >= 0.6 is 0 Å². The van der Waals surface area contributed by atoms with Crippen LogP contribution in [0.2, 0.25) is 0 Å². The smallest absolute Gasteiger partial charge is 0.331 e. The molecule has 5 nitrogen and oxygen atoms in total. The lowest BCUT2D eigenvalue weighted by atomic mass is 9.97. The molecular weight excluding hydrogens is 148 g/mol. The summed E-state index contributed by atoms with van der Waals surface area (Å²) >= 11 is 0. The van der Waals surface area contributed by atoms with Crippen LogP contribution in [0, 0.1) is 0 Å². The molecule has 0 heterocycles. The fourth-order valence-electron chi connectivity index (χ4n) is 0.611. The molecule has 5 heteroatoms. The molecule has 11 heavy (non-hydrogen) atoms. The van der Waals surface area contributed by atoms with Gasteiger partial charge in [-0.2, -0.15) is 0 Å². The summed E-state index contributed by atoms with van der Waals surface area (Å²) in [6.45, 7) is 0.333. The first-order chi connectivity index (χ1) is 5.06. The van der Waals surface area contributed by atoms with Crippen molar-refractivity contribution < 1.29 is 14.7 Å². The first-order valence-corrected chi connectivity index (χ1v) is 3.25. The summed E-state index contributed by atoms with van der Waals surface area (Å²) in [4.78, 5) is 20.6. The average Bonchev–Trinajstić information content (AvgIpc) is 2.00. The lowest BCUT2D eigenvalue weighted by Gasteiger charge is -2.16. The number of rotatable bonds is 5. The van der Waals surface area contributed by atoms with Crippen LogP contribution in [0.4, 0.5) is 0 Å². The van der Waals surface area contributed by atoms with Crippen LogP contribution in [0.15, 0.2) is 0 Å². The van der Waals surface area contributed by atoms with Crippen molar-refractivity contribution in [1.82, 2.24) is 0 Å². The van der Waals surface area contributed by atoms with Crippen LogP contribution in [-0.4, -0.2) is 29.4 Å². The van der Waals surface area contributed by atoms with Crippen LogP contribution in [0.25, 0.3) is 0 Å². The second kappa shape index (κ2) is 4.05. The van der Waals surface area contributed by atoms with Gasteiger partial charge in [0.1, 0.15) is 0 Å². The standard InChI is InChI=1S/C6H12N2O3/c7-3-1-2-6(8,4-9)5(10)11/h4H,1-3,7-8H2,(H,10,11)/t6-/m1/s1. The lowest BCUT2D eigenvalue weighted by Crippen LogP contribution is -2.49. The normalized spacial score (nSPS) is 15.5. The number of hydrogen-bond acceptors (Lipinski definition) is 4. The third kappa shape index (κ3) is 2.65. The molecule has 0 saturated carbocycles. The summed E-state index contributed by atoms with van der Waals surface area (Å²) in [6.07, 6.45) is 0.759. The number of carbonyl (C=O) groups is 2. The summed E-state index contributed by atoms with van der Waals surface area (Å²) < 4.78 is 0. The van der Waals surface area contributed by atoms with Gasteiger partial charge in [0.05, 0.1) is 0 Å². The van der Waals surface area contributed by atoms with E-state index in [9.17, 15) is 9.59 Å². The predicted molar refractivity (Wildman–Crippen MR) is 38.9 cm³/mol. The minimum atomic E-state index is -1.75. The SMILES string of the molecule is NCCC[C@@](N)(C=O)C(=O)O. The molecule has 0 aliphatic rings. The number of carboxylic acid groups (broad SMARTS) is 1. The zero-order valence-corrected chi connectivity index (χ0v) is 6.12. The van der Waals surface area contributed by atoms with Crippen LogP contribution in [0.3, 0.4) is 0 Å². The Kier molecular flexibility index (Phi) is 3.70. The van der Waals surface area contributed by atoms with Gasteiger partial charge >= 0.3 is 5.97 Å². The van der Waals surface area contributed by atoms with Crippen molar-refractivity contribution in [2.75, 3.05) is 6.54 Å². The van der Waals surface area contributed by atoms with Gasteiger partial charge < -0.3 is 21.4 Å². The summed E-state index contributed by atoms with van der Waals surface area (Å²) in [5, 5.41) is 8.46. The summed E-state index contributed by atoms with van der Waals surface area (Å²) in [7, 11) is 0. The van der Waals surface area contributed by atoms with Crippen LogP contribution < -0.4 is 11.5 Å². The first kappa shape index (κ1) is 10.1. The van der Waals surface area contributed by atoms with Crippen molar-refractivity contribution in [3.05, 3.63) is 0 Å². The van der Waals surface area contributed by atoms with Crippen molar-refractivity contribution >= 4 is 12.3 Å². The lowest BCUT2D eigenvalue weighted by molar-refractivity contribution is -0.145. The Morgan fingerprint density at radius 3 is 2.45 bits per heavy atom. The highest BCUT2D eigenvalue weighted by atomic mass is 16.4. The molecule has 0 bridgehead atoms. The highest BCUT2D eigenvalue weighted by molar-refractivity contribution is 5.96. The van der Waals surface area contributed by atoms with Gasteiger partial charge in [0, 0.05) is 0 Å². The maximum absolute atomic E-state index is 10.4. The molecule has 0 aromatic carbocycles. The van der Waals surface area contributed by atoms with Gasteiger partial charge in [-0.15, -0.1) is 0 Å². The highest BCUT2D eigenvalue weighted by Gasteiger charge is 2.32. The van der Waals surface area contributed by atoms with E-state index in [0.29, 0.717) is 13.0 Å². The van der Waals surface area contributed by atoms with Crippen molar-refractivity contribution in [2.24, 2.45) is 11.5 Å². The van der Waals surface area contributed by atoms with Crippen molar-refractivity contribution in [3.8, 4) is 0 Å². The van der Waals surface area contributed by atoms with Crippen LogP contribution in [0.1, 0.15) is 12.8 Å². The Bertz CT molecular complexity index is 160. The van der Waals surface area contributed by atoms with Gasteiger partial charge in [-0.1, -0.05) is 0 Å². The zero-order valence-electron chi connectivity index (χ0n) is 6.12. The minimum Gasteiger partial charge on any atom is -0.480 e. The maximum atomic E-state index is 10.4. The largest absolute Gasteiger partial charge is 0.480 e. The van der Waals surface area contributed by atoms with Gasteiger partial charge in [-0.05, 0) is 19.4 Å². The Labute approximate surface area is 64.4 Å². The molecule has 0 rings (SSSR count). The summed E-state index contributed by atoms with van der Waals surface area (Å²) in [6, 6.07) is 0. The second-order valence-corrected chi connectivity index (χ2v) is 2.36. The minimum absolute atomic E-state index is 0.0856.